The van der Waals surface area contributed by atoms with E-state index in [-0.39, 0.29) is 6.03 Å². The third-order valence-corrected chi connectivity index (χ3v) is 6.11. The van der Waals surface area contributed by atoms with Gasteiger partial charge in [-0.3, -0.25) is 4.90 Å². The summed E-state index contributed by atoms with van der Waals surface area (Å²) in [6.07, 6.45) is 8.98. The Morgan fingerprint density at radius 1 is 1.00 bits per heavy atom. The van der Waals surface area contributed by atoms with Crippen molar-refractivity contribution in [3.05, 3.63) is 0 Å². The largest absolute Gasteiger partial charge is 0.335 e. The third-order valence-electron chi connectivity index (χ3n) is 4.89. The Hall–Kier alpha value is -0.420. The summed E-state index contributed by atoms with van der Waals surface area (Å²) >= 11 is 1.95. The van der Waals surface area contributed by atoms with E-state index in [0.29, 0.717) is 12.1 Å². The Morgan fingerprint density at radius 2 is 1.80 bits per heavy atom. The summed E-state index contributed by atoms with van der Waals surface area (Å²) in [6, 6.07) is 1.57. The highest BCUT2D eigenvalue weighted by atomic mass is 32.2. The second kappa shape index (κ2) is 7.03. The first kappa shape index (κ1) is 14.5. The fourth-order valence-electron chi connectivity index (χ4n) is 3.77. The first-order valence-corrected chi connectivity index (χ1v) is 9.35. The van der Waals surface area contributed by atoms with Crippen molar-refractivity contribution in [1.82, 2.24) is 15.5 Å². The molecule has 0 radical (unpaired) electrons. The van der Waals surface area contributed by atoms with Gasteiger partial charge in [0.05, 0.1) is 0 Å². The Balaban J connectivity index is 1.38. The zero-order chi connectivity index (χ0) is 13.8. The Bertz CT molecular complexity index is 327. The van der Waals surface area contributed by atoms with Gasteiger partial charge in [0.15, 0.2) is 0 Å². The molecule has 2 aliphatic heterocycles. The molecule has 0 bridgehead atoms. The SMILES string of the molecule is O=C(NC1CCCSC1)NC1CCN(C2CCCC2)C1. The number of hydrogen-bond donors (Lipinski definition) is 2. The molecule has 3 fully saturated rings. The number of nitrogens with zero attached hydrogens (tertiary/aromatic N) is 1. The molecule has 2 N–H and O–H groups in total. The number of urea groups is 1. The molecule has 2 saturated heterocycles. The summed E-state index contributed by atoms with van der Waals surface area (Å²) in [5.41, 5.74) is 0. The van der Waals surface area contributed by atoms with Crippen molar-refractivity contribution in [3.8, 4) is 0 Å². The number of likely N-dealkylation sites (tertiary alicyclic amines) is 1. The molecule has 1 saturated carbocycles. The molecule has 3 aliphatic rings. The standard InChI is InChI=1S/C15H27N3OS/c19-15(17-13-4-3-9-20-11-13)16-12-7-8-18(10-12)14-5-1-2-6-14/h12-14H,1-11H2,(H2,16,17,19). The van der Waals surface area contributed by atoms with Crippen LogP contribution in [0.4, 0.5) is 4.79 Å². The van der Waals surface area contributed by atoms with Crippen molar-refractivity contribution < 1.29 is 4.79 Å². The van der Waals surface area contributed by atoms with Gasteiger partial charge in [-0.15, -0.1) is 0 Å². The number of amides is 2. The average molecular weight is 297 g/mol. The lowest BCUT2D eigenvalue weighted by Crippen LogP contribution is -2.48. The summed E-state index contributed by atoms with van der Waals surface area (Å²) in [7, 11) is 0. The molecule has 2 unspecified atom stereocenters. The summed E-state index contributed by atoms with van der Waals surface area (Å²) in [6.45, 7) is 2.21. The van der Waals surface area contributed by atoms with Crippen molar-refractivity contribution in [2.75, 3.05) is 24.6 Å². The Morgan fingerprint density at radius 3 is 2.55 bits per heavy atom. The zero-order valence-electron chi connectivity index (χ0n) is 12.3. The molecule has 0 aromatic heterocycles. The van der Waals surface area contributed by atoms with E-state index in [9.17, 15) is 4.79 Å². The van der Waals surface area contributed by atoms with Gasteiger partial charge in [-0.1, -0.05) is 12.8 Å². The topological polar surface area (TPSA) is 44.4 Å². The molecule has 2 amide bonds. The van der Waals surface area contributed by atoms with Crippen LogP contribution < -0.4 is 10.6 Å². The van der Waals surface area contributed by atoms with Gasteiger partial charge in [-0.2, -0.15) is 11.8 Å². The van der Waals surface area contributed by atoms with Crippen LogP contribution in [0.1, 0.15) is 44.9 Å². The number of thioether (sulfide) groups is 1. The van der Waals surface area contributed by atoms with Gasteiger partial charge in [0.1, 0.15) is 0 Å². The number of rotatable bonds is 3. The average Bonchev–Trinajstić information content (AvgIpc) is 3.10. The molecule has 0 aromatic rings. The maximum atomic E-state index is 12.0. The minimum atomic E-state index is 0.0516. The highest BCUT2D eigenvalue weighted by molar-refractivity contribution is 7.99. The van der Waals surface area contributed by atoms with Crippen molar-refractivity contribution in [1.29, 1.82) is 0 Å². The first-order chi connectivity index (χ1) is 9.81. The highest BCUT2D eigenvalue weighted by Gasteiger charge is 2.30. The van der Waals surface area contributed by atoms with E-state index in [4.69, 9.17) is 0 Å². The fraction of sp³-hybridized carbons (Fsp3) is 0.933. The van der Waals surface area contributed by atoms with Gasteiger partial charge in [-0.05, 0) is 37.9 Å². The highest BCUT2D eigenvalue weighted by Crippen LogP contribution is 2.26. The van der Waals surface area contributed by atoms with Gasteiger partial charge >= 0.3 is 6.03 Å². The predicted octanol–water partition coefficient (Wildman–Crippen LogP) is 2.20. The molecule has 114 valence electrons. The summed E-state index contributed by atoms with van der Waals surface area (Å²) < 4.78 is 0. The van der Waals surface area contributed by atoms with Crippen molar-refractivity contribution in [2.45, 2.75) is 63.1 Å². The van der Waals surface area contributed by atoms with Crippen molar-refractivity contribution >= 4 is 17.8 Å². The molecular formula is C15H27N3OS. The summed E-state index contributed by atoms with van der Waals surface area (Å²) in [5.74, 6) is 2.32. The van der Waals surface area contributed by atoms with Crippen LogP contribution in [0.2, 0.25) is 0 Å². The van der Waals surface area contributed by atoms with Crippen molar-refractivity contribution in [2.24, 2.45) is 0 Å². The minimum Gasteiger partial charge on any atom is -0.335 e. The van der Waals surface area contributed by atoms with E-state index in [0.717, 1.165) is 37.7 Å². The number of hydrogen-bond acceptors (Lipinski definition) is 3. The van der Waals surface area contributed by atoms with Crippen molar-refractivity contribution in [3.63, 3.8) is 0 Å². The molecule has 0 spiro atoms. The molecule has 20 heavy (non-hydrogen) atoms. The molecule has 1 aliphatic carbocycles. The van der Waals surface area contributed by atoms with Crippen LogP contribution in [-0.2, 0) is 0 Å². The van der Waals surface area contributed by atoms with E-state index in [1.54, 1.807) is 0 Å². The van der Waals surface area contributed by atoms with E-state index >= 15 is 0 Å². The molecule has 5 heteroatoms. The quantitative estimate of drug-likeness (QED) is 0.839. The van der Waals surface area contributed by atoms with E-state index in [1.165, 1.54) is 37.9 Å². The van der Waals surface area contributed by atoms with Crippen LogP contribution in [-0.4, -0.2) is 53.7 Å². The van der Waals surface area contributed by atoms with Crippen LogP contribution in [0.5, 0.6) is 0 Å². The molecule has 2 atom stereocenters. The van der Waals surface area contributed by atoms with Crippen LogP contribution in [0.25, 0.3) is 0 Å². The monoisotopic (exact) mass is 297 g/mol. The van der Waals surface area contributed by atoms with Gasteiger partial charge in [0.2, 0.25) is 0 Å². The molecular weight excluding hydrogens is 270 g/mol. The van der Waals surface area contributed by atoms with Gasteiger partial charge < -0.3 is 10.6 Å². The molecule has 2 heterocycles. The lowest BCUT2D eigenvalue weighted by molar-refractivity contribution is 0.225. The number of nitrogens with one attached hydrogen (secondary N) is 2. The zero-order valence-corrected chi connectivity index (χ0v) is 13.1. The van der Waals surface area contributed by atoms with Gasteiger partial charge in [0.25, 0.3) is 0 Å². The maximum absolute atomic E-state index is 12.0. The number of carbonyl (C=O) groups excluding carboxylic acids is 1. The third kappa shape index (κ3) is 3.82. The fourth-order valence-corrected chi connectivity index (χ4v) is 4.85. The lowest BCUT2D eigenvalue weighted by Gasteiger charge is -2.25. The summed E-state index contributed by atoms with van der Waals surface area (Å²) in [5, 5.41) is 6.32. The van der Waals surface area contributed by atoms with E-state index in [1.807, 2.05) is 11.8 Å². The Kier molecular flexibility index (Phi) is 5.10. The van der Waals surface area contributed by atoms with Crippen LogP contribution in [0, 0.1) is 0 Å². The Labute approximate surface area is 126 Å². The van der Waals surface area contributed by atoms with E-state index in [2.05, 4.69) is 15.5 Å². The van der Waals surface area contributed by atoms with Crippen LogP contribution >= 0.6 is 11.8 Å². The number of carbonyl (C=O) groups is 1. The van der Waals surface area contributed by atoms with Crippen LogP contribution in [0.3, 0.4) is 0 Å². The minimum absolute atomic E-state index is 0.0516. The molecule has 4 nitrogen and oxygen atoms in total. The second-order valence-corrected chi connectivity index (χ2v) is 7.60. The predicted molar refractivity (Wildman–Crippen MR) is 84.2 cm³/mol. The normalized spacial score (nSPS) is 32.4. The maximum Gasteiger partial charge on any atom is 0.315 e. The smallest absolute Gasteiger partial charge is 0.315 e. The first-order valence-electron chi connectivity index (χ1n) is 8.20. The van der Waals surface area contributed by atoms with Crippen LogP contribution in [0.15, 0.2) is 0 Å². The van der Waals surface area contributed by atoms with E-state index < -0.39 is 0 Å². The molecule has 0 aromatic carbocycles. The summed E-state index contributed by atoms with van der Waals surface area (Å²) in [4.78, 5) is 14.6. The van der Waals surface area contributed by atoms with Gasteiger partial charge in [0, 0.05) is 37.0 Å². The second-order valence-electron chi connectivity index (χ2n) is 6.45. The van der Waals surface area contributed by atoms with Gasteiger partial charge in [-0.25, -0.2) is 4.79 Å². The molecule has 3 rings (SSSR count). The lowest BCUT2D eigenvalue weighted by atomic mass is 10.2.